The molecule has 0 spiro atoms. The summed E-state index contributed by atoms with van der Waals surface area (Å²) in [7, 11) is 0. The first kappa shape index (κ1) is 13.6. The molecule has 100 valence electrons. The first-order valence-corrected chi connectivity index (χ1v) is 6.74. The number of nitrogens with zero attached hydrogens (tertiary/aromatic N) is 1. The van der Waals surface area contributed by atoms with E-state index in [0.29, 0.717) is 12.3 Å². The molecule has 3 atom stereocenters. The molecule has 1 aliphatic rings. The summed E-state index contributed by atoms with van der Waals surface area (Å²) in [6.45, 7) is 2.14. The van der Waals surface area contributed by atoms with Crippen LogP contribution in [-0.4, -0.2) is 11.1 Å². The van der Waals surface area contributed by atoms with Gasteiger partial charge in [0, 0.05) is 5.41 Å². The standard InChI is InChI=1S/C16H19NO2/c1-12-7-8-16(9-12,14(11-17)15(18)19)10-13-5-3-2-4-6-13/h2-6,12,14H,7-10H2,1H3,(H,18,19)/t12-,14+,16+/m1/s1. The summed E-state index contributed by atoms with van der Waals surface area (Å²) in [5.41, 5.74) is 0.722. The Balaban J connectivity index is 2.31. The monoisotopic (exact) mass is 257 g/mol. The number of rotatable bonds is 4. The van der Waals surface area contributed by atoms with Gasteiger partial charge in [0.2, 0.25) is 0 Å². The molecule has 0 aliphatic heterocycles. The van der Waals surface area contributed by atoms with Crippen molar-refractivity contribution in [2.24, 2.45) is 17.3 Å². The summed E-state index contributed by atoms with van der Waals surface area (Å²) in [6.07, 6.45) is 3.35. The van der Waals surface area contributed by atoms with E-state index >= 15 is 0 Å². The van der Waals surface area contributed by atoms with Gasteiger partial charge in [-0.2, -0.15) is 5.26 Å². The van der Waals surface area contributed by atoms with Gasteiger partial charge in [-0.25, -0.2) is 0 Å². The average molecular weight is 257 g/mol. The minimum Gasteiger partial charge on any atom is -0.480 e. The smallest absolute Gasteiger partial charge is 0.321 e. The van der Waals surface area contributed by atoms with Crippen LogP contribution in [0.5, 0.6) is 0 Å². The highest BCUT2D eigenvalue weighted by Crippen LogP contribution is 2.49. The number of carbonyl (C=O) groups is 1. The van der Waals surface area contributed by atoms with Gasteiger partial charge in [0.15, 0.2) is 0 Å². The normalized spacial score (nSPS) is 27.7. The fraction of sp³-hybridized carbons (Fsp3) is 0.500. The van der Waals surface area contributed by atoms with Crippen LogP contribution in [0.1, 0.15) is 31.7 Å². The molecule has 1 aromatic rings. The molecule has 1 N–H and O–H groups in total. The van der Waals surface area contributed by atoms with Crippen molar-refractivity contribution in [2.75, 3.05) is 0 Å². The van der Waals surface area contributed by atoms with E-state index in [1.165, 1.54) is 0 Å². The second kappa shape index (κ2) is 5.44. The summed E-state index contributed by atoms with van der Waals surface area (Å²) in [5, 5.41) is 18.6. The molecule has 0 heterocycles. The van der Waals surface area contributed by atoms with Gasteiger partial charge >= 0.3 is 5.97 Å². The van der Waals surface area contributed by atoms with E-state index in [4.69, 9.17) is 0 Å². The zero-order valence-electron chi connectivity index (χ0n) is 11.2. The minimum absolute atomic E-state index is 0.401. The Hall–Kier alpha value is -1.82. The topological polar surface area (TPSA) is 61.1 Å². The molecule has 1 aromatic carbocycles. The van der Waals surface area contributed by atoms with Crippen molar-refractivity contribution in [3.8, 4) is 6.07 Å². The third kappa shape index (κ3) is 2.78. The fourth-order valence-electron chi connectivity index (χ4n) is 3.41. The maximum absolute atomic E-state index is 11.4. The average Bonchev–Trinajstić information content (AvgIpc) is 2.73. The lowest BCUT2D eigenvalue weighted by atomic mass is 9.70. The van der Waals surface area contributed by atoms with E-state index in [1.807, 2.05) is 36.4 Å². The number of benzene rings is 1. The summed E-state index contributed by atoms with van der Waals surface area (Å²) in [5.74, 6) is -1.39. The Morgan fingerprint density at radius 3 is 2.68 bits per heavy atom. The van der Waals surface area contributed by atoms with Crippen LogP contribution in [0.3, 0.4) is 0 Å². The molecule has 0 saturated heterocycles. The van der Waals surface area contributed by atoms with E-state index in [0.717, 1.165) is 24.8 Å². The maximum atomic E-state index is 11.4. The lowest BCUT2D eigenvalue weighted by molar-refractivity contribution is -0.143. The van der Waals surface area contributed by atoms with Crippen molar-refractivity contribution in [2.45, 2.75) is 32.6 Å². The molecule has 0 amide bonds. The lowest BCUT2D eigenvalue weighted by Gasteiger charge is -2.31. The molecule has 0 aromatic heterocycles. The van der Waals surface area contributed by atoms with Crippen LogP contribution in [0, 0.1) is 28.6 Å². The van der Waals surface area contributed by atoms with E-state index in [1.54, 1.807) is 0 Å². The van der Waals surface area contributed by atoms with Gasteiger partial charge in [-0.1, -0.05) is 43.7 Å². The zero-order chi connectivity index (χ0) is 13.9. The van der Waals surface area contributed by atoms with Gasteiger partial charge in [0.25, 0.3) is 0 Å². The van der Waals surface area contributed by atoms with Crippen LogP contribution < -0.4 is 0 Å². The number of carboxylic acids is 1. The van der Waals surface area contributed by atoms with Crippen molar-refractivity contribution in [1.29, 1.82) is 5.26 Å². The van der Waals surface area contributed by atoms with Crippen LogP contribution in [0.2, 0.25) is 0 Å². The summed E-state index contributed by atoms with van der Waals surface area (Å²) < 4.78 is 0. The molecule has 0 bridgehead atoms. The minimum atomic E-state index is -0.979. The predicted octanol–water partition coefficient (Wildman–Crippen LogP) is 3.26. The Labute approximate surface area is 113 Å². The van der Waals surface area contributed by atoms with Crippen molar-refractivity contribution in [3.63, 3.8) is 0 Å². The molecule has 0 unspecified atom stereocenters. The second-order valence-electron chi connectivity index (χ2n) is 5.77. The highest BCUT2D eigenvalue weighted by Gasteiger charge is 2.47. The molecule has 2 rings (SSSR count). The van der Waals surface area contributed by atoms with Gasteiger partial charge in [-0.15, -0.1) is 0 Å². The SMILES string of the molecule is C[C@@H]1CC[C@](Cc2ccccc2)([C@@H](C#N)C(=O)O)C1. The van der Waals surface area contributed by atoms with Gasteiger partial charge in [-0.05, 0) is 30.7 Å². The summed E-state index contributed by atoms with van der Waals surface area (Å²) in [6, 6.07) is 11.9. The largest absolute Gasteiger partial charge is 0.480 e. The molecular weight excluding hydrogens is 238 g/mol. The summed E-state index contributed by atoms with van der Waals surface area (Å²) in [4.78, 5) is 11.4. The number of aliphatic carboxylic acids is 1. The van der Waals surface area contributed by atoms with Crippen molar-refractivity contribution in [3.05, 3.63) is 35.9 Å². The van der Waals surface area contributed by atoms with Crippen LogP contribution in [-0.2, 0) is 11.2 Å². The summed E-state index contributed by atoms with van der Waals surface area (Å²) >= 11 is 0. The van der Waals surface area contributed by atoms with Crippen LogP contribution in [0.15, 0.2) is 30.3 Å². The Bertz CT molecular complexity index is 491. The number of hydrogen-bond acceptors (Lipinski definition) is 2. The zero-order valence-corrected chi connectivity index (χ0v) is 11.2. The molecule has 1 saturated carbocycles. The quantitative estimate of drug-likeness (QED) is 0.900. The second-order valence-corrected chi connectivity index (χ2v) is 5.77. The molecule has 0 radical (unpaired) electrons. The van der Waals surface area contributed by atoms with Gasteiger partial charge in [0.1, 0.15) is 5.92 Å². The lowest BCUT2D eigenvalue weighted by Crippen LogP contribution is -2.35. The first-order chi connectivity index (χ1) is 9.07. The third-order valence-corrected chi connectivity index (χ3v) is 4.28. The van der Waals surface area contributed by atoms with Crippen LogP contribution in [0.25, 0.3) is 0 Å². The molecule has 1 aliphatic carbocycles. The molecule has 19 heavy (non-hydrogen) atoms. The fourth-order valence-corrected chi connectivity index (χ4v) is 3.41. The highest BCUT2D eigenvalue weighted by molar-refractivity contribution is 5.74. The Morgan fingerprint density at radius 1 is 1.53 bits per heavy atom. The van der Waals surface area contributed by atoms with Crippen LogP contribution >= 0.6 is 0 Å². The number of hydrogen-bond donors (Lipinski definition) is 1. The van der Waals surface area contributed by atoms with Gasteiger partial charge in [0.05, 0.1) is 6.07 Å². The van der Waals surface area contributed by atoms with Gasteiger partial charge in [-0.3, -0.25) is 4.79 Å². The maximum Gasteiger partial charge on any atom is 0.321 e. The Morgan fingerprint density at radius 2 is 2.21 bits per heavy atom. The van der Waals surface area contributed by atoms with Crippen molar-refractivity contribution < 1.29 is 9.90 Å². The van der Waals surface area contributed by atoms with E-state index in [2.05, 4.69) is 6.92 Å². The van der Waals surface area contributed by atoms with E-state index in [9.17, 15) is 15.2 Å². The van der Waals surface area contributed by atoms with Crippen LogP contribution in [0.4, 0.5) is 0 Å². The van der Waals surface area contributed by atoms with Crippen molar-refractivity contribution in [1.82, 2.24) is 0 Å². The number of carboxylic acid groups (broad SMARTS) is 1. The molecule has 3 heteroatoms. The third-order valence-electron chi connectivity index (χ3n) is 4.28. The highest BCUT2D eigenvalue weighted by atomic mass is 16.4. The molecular formula is C16H19NO2. The molecule has 3 nitrogen and oxygen atoms in total. The van der Waals surface area contributed by atoms with Crippen molar-refractivity contribution >= 4 is 5.97 Å². The Kier molecular flexibility index (Phi) is 3.90. The molecule has 1 fully saturated rings. The van der Waals surface area contributed by atoms with E-state index < -0.39 is 17.3 Å². The first-order valence-electron chi connectivity index (χ1n) is 6.74. The number of nitriles is 1. The van der Waals surface area contributed by atoms with Gasteiger partial charge < -0.3 is 5.11 Å². The predicted molar refractivity (Wildman–Crippen MR) is 72.3 cm³/mol. The van der Waals surface area contributed by atoms with E-state index in [-0.39, 0.29) is 0 Å².